The summed E-state index contributed by atoms with van der Waals surface area (Å²) in [6.07, 6.45) is 1.73. The molecular weight excluding hydrogens is 260 g/mol. The van der Waals surface area contributed by atoms with E-state index in [1.54, 1.807) is 0 Å². The Labute approximate surface area is 126 Å². The van der Waals surface area contributed by atoms with Crippen molar-refractivity contribution in [2.75, 3.05) is 6.61 Å². The largest absolute Gasteiger partial charge is 0.494 e. The number of aldehydes is 1. The molecule has 2 heteroatoms. The van der Waals surface area contributed by atoms with Crippen LogP contribution in [0.5, 0.6) is 5.75 Å². The van der Waals surface area contributed by atoms with Crippen LogP contribution in [-0.4, -0.2) is 12.9 Å². The van der Waals surface area contributed by atoms with Crippen molar-refractivity contribution in [1.82, 2.24) is 0 Å². The Kier molecular flexibility index (Phi) is 4.79. The first-order chi connectivity index (χ1) is 10.1. The fraction of sp³-hybridized carbons (Fsp3) is 0.316. The van der Waals surface area contributed by atoms with Crippen molar-refractivity contribution in [3.63, 3.8) is 0 Å². The molecule has 2 nitrogen and oxygen atoms in total. The van der Waals surface area contributed by atoms with Gasteiger partial charge in [0, 0.05) is 0 Å². The molecule has 21 heavy (non-hydrogen) atoms. The highest BCUT2D eigenvalue weighted by atomic mass is 16.5. The monoisotopic (exact) mass is 282 g/mol. The second-order valence-electron chi connectivity index (χ2n) is 5.61. The van der Waals surface area contributed by atoms with Crippen molar-refractivity contribution < 1.29 is 9.53 Å². The molecule has 1 atom stereocenters. The molecule has 0 heterocycles. The van der Waals surface area contributed by atoms with Crippen molar-refractivity contribution in [2.45, 2.75) is 32.6 Å². The minimum absolute atomic E-state index is 0.518. The fourth-order valence-electron chi connectivity index (χ4n) is 2.75. The van der Waals surface area contributed by atoms with Crippen molar-refractivity contribution >= 4 is 6.29 Å². The van der Waals surface area contributed by atoms with Gasteiger partial charge in [-0.25, -0.2) is 0 Å². The van der Waals surface area contributed by atoms with E-state index in [0.29, 0.717) is 13.0 Å². The van der Waals surface area contributed by atoms with E-state index in [-0.39, 0.29) is 0 Å². The number of rotatable bonds is 6. The number of carbonyl (C=O) groups excluding carboxylic acids is 1. The maximum Gasteiger partial charge on any atom is 0.130 e. The van der Waals surface area contributed by atoms with Crippen LogP contribution in [0.15, 0.2) is 48.5 Å². The molecule has 0 bridgehead atoms. The van der Waals surface area contributed by atoms with Crippen LogP contribution in [0.4, 0.5) is 0 Å². The van der Waals surface area contributed by atoms with Crippen LogP contribution in [-0.2, 0) is 16.6 Å². The molecule has 0 fully saturated rings. The standard InChI is InChI=1S/C19H22O2/c1-4-21-17-10-7-9-16(12-17)13-19(3,14-20)18-11-6-5-8-15(18)2/h5-12,14H,4,13H2,1-3H3. The molecule has 2 rings (SSSR count). The lowest BCUT2D eigenvalue weighted by Gasteiger charge is -2.26. The van der Waals surface area contributed by atoms with Gasteiger partial charge >= 0.3 is 0 Å². The molecule has 0 aliphatic rings. The second kappa shape index (κ2) is 6.57. The first kappa shape index (κ1) is 15.3. The number of aryl methyl sites for hydroxylation is 1. The average molecular weight is 282 g/mol. The summed E-state index contributed by atoms with van der Waals surface area (Å²) >= 11 is 0. The molecule has 2 aromatic rings. The van der Waals surface area contributed by atoms with Crippen LogP contribution in [0.25, 0.3) is 0 Å². The lowest BCUT2D eigenvalue weighted by molar-refractivity contribution is -0.112. The van der Waals surface area contributed by atoms with Gasteiger partial charge in [-0.15, -0.1) is 0 Å². The highest BCUT2D eigenvalue weighted by Gasteiger charge is 2.28. The number of carbonyl (C=O) groups is 1. The molecule has 2 aromatic carbocycles. The number of benzene rings is 2. The van der Waals surface area contributed by atoms with E-state index in [2.05, 4.69) is 0 Å². The first-order valence-corrected chi connectivity index (χ1v) is 7.33. The van der Waals surface area contributed by atoms with Gasteiger partial charge in [-0.2, -0.15) is 0 Å². The molecule has 0 radical (unpaired) electrons. The lowest BCUT2D eigenvalue weighted by Crippen LogP contribution is -2.27. The van der Waals surface area contributed by atoms with Crippen LogP contribution < -0.4 is 4.74 Å². The Morgan fingerprint density at radius 1 is 1.14 bits per heavy atom. The maximum absolute atomic E-state index is 11.8. The van der Waals surface area contributed by atoms with Gasteiger partial charge in [0.05, 0.1) is 12.0 Å². The Balaban J connectivity index is 2.32. The van der Waals surface area contributed by atoms with Gasteiger partial charge in [0.2, 0.25) is 0 Å². The van der Waals surface area contributed by atoms with Crippen molar-refractivity contribution in [2.24, 2.45) is 0 Å². The molecule has 0 N–H and O–H groups in total. The highest BCUT2D eigenvalue weighted by Crippen LogP contribution is 2.29. The predicted molar refractivity (Wildman–Crippen MR) is 85.9 cm³/mol. The lowest BCUT2D eigenvalue weighted by atomic mass is 9.77. The fourth-order valence-corrected chi connectivity index (χ4v) is 2.75. The van der Waals surface area contributed by atoms with Crippen LogP contribution in [0.2, 0.25) is 0 Å². The van der Waals surface area contributed by atoms with Crippen molar-refractivity contribution in [3.05, 3.63) is 65.2 Å². The zero-order valence-electron chi connectivity index (χ0n) is 12.9. The minimum atomic E-state index is -0.518. The summed E-state index contributed by atoms with van der Waals surface area (Å²) in [5.41, 5.74) is 2.82. The molecule has 0 aromatic heterocycles. The van der Waals surface area contributed by atoms with Crippen LogP contribution in [0.3, 0.4) is 0 Å². The van der Waals surface area contributed by atoms with Crippen molar-refractivity contribution in [1.29, 1.82) is 0 Å². The van der Waals surface area contributed by atoms with Gasteiger partial charge < -0.3 is 9.53 Å². The summed E-state index contributed by atoms with van der Waals surface area (Å²) in [7, 11) is 0. The van der Waals surface area contributed by atoms with E-state index in [4.69, 9.17) is 4.74 Å². The summed E-state index contributed by atoms with van der Waals surface area (Å²) in [6.45, 7) is 6.66. The summed E-state index contributed by atoms with van der Waals surface area (Å²) in [5.74, 6) is 0.855. The van der Waals surface area contributed by atoms with E-state index in [0.717, 1.165) is 28.7 Å². The third-order valence-electron chi connectivity index (χ3n) is 3.80. The van der Waals surface area contributed by atoms with Gasteiger partial charge in [-0.3, -0.25) is 0 Å². The Bertz CT molecular complexity index is 618. The Morgan fingerprint density at radius 2 is 1.90 bits per heavy atom. The van der Waals surface area contributed by atoms with Crippen LogP contribution in [0, 0.1) is 6.92 Å². The third kappa shape index (κ3) is 3.52. The van der Waals surface area contributed by atoms with E-state index < -0.39 is 5.41 Å². The average Bonchev–Trinajstić information content (AvgIpc) is 2.48. The van der Waals surface area contributed by atoms with Gasteiger partial charge in [-0.05, 0) is 56.0 Å². The summed E-state index contributed by atoms with van der Waals surface area (Å²) in [5, 5.41) is 0. The highest BCUT2D eigenvalue weighted by molar-refractivity contribution is 5.69. The SMILES string of the molecule is CCOc1cccc(CC(C)(C=O)c2ccccc2C)c1. The molecule has 0 amide bonds. The Morgan fingerprint density at radius 3 is 2.57 bits per heavy atom. The molecule has 0 saturated carbocycles. The smallest absolute Gasteiger partial charge is 0.130 e. The van der Waals surface area contributed by atoms with Gasteiger partial charge in [0.1, 0.15) is 12.0 Å². The topological polar surface area (TPSA) is 26.3 Å². The van der Waals surface area contributed by atoms with E-state index in [1.165, 1.54) is 0 Å². The van der Waals surface area contributed by atoms with Crippen LogP contribution >= 0.6 is 0 Å². The zero-order valence-corrected chi connectivity index (χ0v) is 12.9. The molecule has 0 aliphatic carbocycles. The number of ether oxygens (including phenoxy) is 1. The summed E-state index contributed by atoms with van der Waals surface area (Å²) in [4.78, 5) is 11.8. The zero-order chi connectivity index (χ0) is 15.3. The Hall–Kier alpha value is -2.09. The second-order valence-corrected chi connectivity index (χ2v) is 5.61. The molecule has 0 spiro atoms. The van der Waals surface area contributed by atoms with E-state index in [9.17, 15) is 4.79 Å². The van der Waals surface area contributed by atoms with Crippen molar-refractivity contribution in [3.8, 4) is 5.75 Å². The van der Waals surface area contributed by atoms with Gasteiger partial charge in [-0.1, -0.05) is 36.4 Å². The molecule has 1 unspecified atom stereocenters. The normalized spacial score (nSPS) is 13.5. The van der Waals surface area contributed by atoms with E-state index >= 15 is 0 Å². The third-order valence-corrected chi connectivity index (χ3v) is 3.80. The number of hydrogen-bond acceptors (Lipinski definition) is 2. The quantitative estimate of drug-likeness (QED) is 0.746. The molecular formula is C19H22O2. The van der Waals surface area contributed by atoms with Gasteiger partial charge in [0.25, 0.3) is 0 Å². The minimum Gasteiger partial charge on any atom is -0.494 e. The molecule has 110 valence electrons. The van der Waals surface area contributed by atoms with E-state index in [1.807, 2.05) is 69.3 Å². The molecule has 0 saturated heterocycles. The summed E-state index contributed by atoms with van der Waals surface area (Å²) < 4.78 is 5.54. The predicted octanol–water partition coefficient (Wildman–Crippen LogP) is 4.09. The number of hydrogen-bond donors (Lipinski definition) is 0. The van der Waals surface area contributed by atoms with Gasteiger partial charge in [0.15, 0.2) is 0 Å². The van der Waals surface area contributed by atoms with Crippen LogP contribution in [0.1, 0.15) is 30.5 Å². The first-order valence-electron chi connectivity index (χ1n) is 7.33. The maximum atomic E-state index is 11.8. The molecule has 0 aliphatic heterocycles. The summed E-state index contributed by atoms with van der Waals surface area (Å²) in [6, 6.07) is 16.1.